The first-order chi connectivity index (χ1) is 9.02. The minimum atomic E-state index is -1.04. The molecule has 0 saturated carbocycles. The number of carbonyl (C=O) groups is 2. The van der Waals surface area contributed by atoms with Crippen LogP contribution in [-0.2, 0) is 11.3 Å². The molecule has 0 radical (unpaired) electrons. The number of urea groups is 1. The third kappa shape index (κ3) is 5.33. The predicted molar refractivity (Wildman–Crippen MR) is 68.5 cm³/mol. The Kier molecular flexibility index (Phi) is 5.72. The molecule has 0 saturated heterocycles. The smallest absolute Gasteiger partial charge is 0.326 e. The van der Waals surface area contributed by atoms with Gasteiger partial charge in [0.05, 0.1) is 24.1 Å². The molecule has 2 amide bonds. The summed E-state index contributed by atoms with van der Waals surface area (Å²) in [5.41, 5.74) is 1.41. The maximum Gasteiger partial charge on any atom is 0.326 e. The van der Waals surface area contributed by atoms with E-state index in [-0.39, 0.29) is 6.54 Å². The van der Waals surface area contributed by atoms with Gasteiger partial charge in [-0.15, -0.1) is 0 Å². The highest BCUT2D eigenvalue weighted by atomic mass is 16.4. The quantitative estimate of drug-likeness (QED) is 0.707. The van der Waals surface area contributed by atoms with Crippen molar-refractivity contribution in [1.82, 2.24) is 20.6 Å². The summed E-state index contributed by atoms with van der Waals surface area (Å²) in [5.74, 6) is -1.04. The number of carboxylic acids is 1. The van der Waals surface area contributed by atoms with Crippen LogP contribution in [0.1, 0.15) is 31.2 Å². The average Bonchev–Trinajstić information content (AvgIpc) is 2.37. The minimum absolute atomic E-state index is 0.206. The normalized spacial score (nSPS) is 11.7. The molecule has 0 bridgehead atoms. The second-order valence-corrected chi connectivity index (χ2v) is 4.16. The summed E-state index contributed by atoms with van der Waals surface area (Å²) < 4.78 is 0. The van der Waals surface area contributed by atoms with E-state index in [1.807, 2.05) is 13.8 Å². The number of aryl methyl sites for hydroxylation is 1. The molecule has 0 unspecified atom stereocenters. The fraction of sp³-hybridized carbons (Fsp3) is 0.500. The van der Waals surface area contributed by atoms with Gasteiger partial charge in [-0.3, -0.25) is 9.97 Å². The highest BCUT2D eigenvalue weighted by molar-refractivity contribution is 5.82. The molecular formula is C12H18N4O3. The highest BCUT2D eigenvalue weighted by Crippen LogP contribution is 1.97. The number of nitrogens with zero attached hydrogens (tertiary/aromatic N) is 2. The summed E-state index contributed by atoms with van der Waals surface area (Å²) in [6, 6.07) is -1.39. The van der Waals surface area contributed by atoms with Crippen LogP contribution in [-0.4, -0.2) is 33.1 Å². The van der Waals surface area contributed by atoms with Gasteiger partial charge in [0.1, 0.15) is 6.04 Å². The second-order valence-electron chi connectivity index (χ2n) is 4.16. The minimum Gasteiger partial charge on any atom is -0.480 e. The zero-order chi connectivity index (χ0) is 14.3. The third-order valence-corrected chi connectivity index (χ3v) is 2.45. The van der Waals surface area contributed by atoms with Crippen molar-refractivity contribution in [2.75, 3.05) is 0 Å². The molecule has 1 aromatic rings. The van der Waals surface area contributed by atoms with Crippen LogP contribution in [0.2, 0.25) is 0 Å². The summed E-state index contributed by atoms with van der Waals surface area (Å²) in [4.78, 5) is 30.5. The Morgan fingerprint density at radius 1 is 1.37 bits per heavy atom. The average molecular weight is 266 g/mol. The van der Waals surface area contributed by atoms with Crippen LogP contribution in [0.15, 0.2) is 12.4 Å². The summed E-state index contributed by atoms with van der Waals surface area (Å²) >= 11 is 0. The van der Waals surface area contributed by atoms with Crippen LogP contribution < -0.4 is 10.6 Å². The van der Waals surface area contributed by atoms with E-state index in [1.165, 1.54) is 0 Å². The van der Waals surface area contributed by atoms with E-state index < -0.39 is 18.0 Å². The summed E-state index contributed by atoms with van der Waals surface area (Å²) in [5, 5.41) is 13.9. The Morgan fingerprint density at radius 3 is 2.63 bits per heavy atom. The van der Waals surface area contributed by atoms with Gasteiger partial charge in [-0.2, -0.15) is 0 Å². The molecule has 0 aliphatic carbocycles. The van der Waals surface area contributed by atoms with Crippen LogP contribution in [0, 0.1) is 6.92 Å². The molecule has 1 aromatic heterocycles. The molecule has 7 heteroatoms. The van der Waals surface area contributed by atoms with Crippen molar-refractivity contribution in [3.8, 4) is 0 Å². The Balaban J connectivity index is 2.42. The molecule has 0 aliphatic heterocycles. The molecule has 0 aliphatic rings. The Morgan fingerprint density at radius 2 is 2.11 bits per heavy atom. The van der Waals surface area contributed by atoms with Gasteiger partial charge in [0.2, 0.25) is 0 Å². The molecule has 3 N–H and O–H groups in total. The fourth-order valence-corrected chi connectivity index (χ4v) is 1.44. The molecular weight excluding hydrogens is 248 g/mol. The van der Waals surface area contributed by atoms with Crippen LogP contribution in [0.5, 0.6) is 0 Å². The molecule has 7 nitrogen and oxygen atoms in total. The summed E-state index contributed by atoms with van der Waals surface area (Å²) in [6.45, 7) is 3.88. The first-order valence-electron chi connectivity index (χ1n) is 6.07. The number of rotatable bonds is 6. The van der Waals surface area contributed by atoms with Gasteiger partial charge >= 0.3 is 12.0 Å². The lowest BCUT2D eigenvalue weighted by Crippen LogP contribution is -2.45. The van der Waals surface area contributed by atoms with Crippen LogP contribution in [0.4, 0.5) is 4.79 Å². The molecule has 0 aromatic carbocycles. The molecule has 104 valence electrons. The van der Waals surface area contributed by atoms with E-state index in [1.54, 1.807) is 12.4 Å². The van der Waals surface area contributed by atoms with Crippen molar-refractivity contribution in [3.63, 3.8) is 0 Å². The second kappa shape index (κ2) is 7.30. The predicted octanol–water partition coefficient (Wildman–Crippen LogP) is 0.838. The van der Waals surface area contributed by atoms with Gasteiger partial charge in [0.25, 0.3) is 0 Å². The number of nitrogens with one attached hydrogen (secondary N) is 2. The number of hydrogen-bond donors (Lipinski definition) is 3. The lowest BCUT2D eigenvalue weighted by molar-refractivity contribution is -0.139. The van der Waals surface area contributed by atoms with Crippen molar-refractivity contribution < 1.29 is 14.7 Å². The van der Waals surface area contributed by atoms with E-state index in [0.29, 0.717) is 18.5 Å². The van der Waals surface area contributed by atoms with Crippen LogP contribution in [0.25, 0.3) is 0 Å². The molecule has 1 atom stereocenters. The number of carboxylic acid groups (broad SMARTS) is 1. The zero-order valence-corrected chi connectivity index (χ0v) is 11.0. The van der Waals surface area contributed by atoms with Crippen molar-refractivity contribution in [3.05, 3.63) is 23.8 Å². The van der Waals surface area contributed by atoms with E-state index in [9.17, 15) is 9.59 Å². The molecule has 1 heterocycles. The first-order valence-corrected chi connectivity index (χ1v) is 6.07. The molecule has 0 spiro atoms. The largest absolute Gasteiger partial charge is 0.480 e. The Hall–Kier alpha value is -2.18. The Bertz CT molecular complexity index is 433. The standard InChI is InChI=1S/C12H18N4O3/c1-3-4-10(11(17)18)16-12(19)15-7-9-6-13-8(2)5-14-9/h5-6,10H,3-4,7H2,1-2H3,(H,17,18)(H2,15,16,19)/t10-/m0/s1. The van der Waals surface area contributed by atoms with Crippen molar-refractivity contribution in [1.29, 1.82) is 0 Å². The van der Waals surface area contributed by atoms with Gasteiger partial charge in [0.15, 0.2) is 0 Å². The number of amides is 2. The van der Waals surface area contributed by atoms with Gasteiger partial charge in [0, 0.05) is 6.20 Å². The van der Waals surface area contributed by atoms with E-state index in [2.05, 4.69) is 20.6 Å². The van der Waals surface area contributed by atoms with Crippen molar-refractivity contribution in [2.24, 2.45) is 0 Å². The van der Waals surface area contributed by atoms with E-state index >= 15 is 0 Å². The lowest BCUT2D eigenvalue weighted by Gasteiger charge is -2.14. The van der Waals surface area contributed by atoms with Gasteiger partial charge in [-0.05, 0) is 13.3 Å². The SMILES string of the molecule is CCC[C@H](NC(=O)NCc1cnc(C)cn1)C(=O)O. The van der Waals surface area contributed by atoms with Gasteiger partial charge < -0.3 is 15.7 Å². The molecule has 1 rings (SSSR count). The number of hydrogen-bond acceptors (Lipinski definition) is 4. The lowest BCUT2D eigenvalue weighted by atomic mass is 10.2. The van der Waals surface area contributed by atoms with Crippen LogP contribution in [0.3, 0.4) is 0 Å². The summed E-state index contributed by atoms with van der Waals surface area (Å²) in [6.07, 6.45) is 4.25. The first kappa shape index (κ1) is 14.9. The van der Waals surface area contributed by atoms with Gasteiger partial charge in [-0.25, -0.2) is 9.59 Å². The third-order valence-electron chi connectivity index (χ3n) is 2.45. The number of aliphatic carboxylic acids is 1. The van der Waals surface area contributed by atoms with Crippen LogP contribution >= 0.6 is 0 Å². The van der Waals surface area contributed by atoms with E-state index in [0.717, 1.165) is 5.69 Å². The maximum absolute atomic E-state index is 11.5. The van der Waals surface area contributed by atoms with E-state index in [4.69, 9.17) is 5.11 Å². The number of aromatic nitrogens is 2. The Labute approximate surface area is 111 Å². The number of carbonyl (C=O) groups excluding carboxylic acids is 1. The van der Waals surface area contributed by atoms with Gasteiger partial charge in [-0.1, -0.05) is 13.3 Å². The monoisotopic (exact) mass is 266 g/mol. The zero-order valence-electron chi connectivity index (χ0n) is 11.0. The topological polar surface area (TPSA) is 104 Å². The highest BCUT2D eigenvalue weighted by Gasteiger charge is 2.18. The maximum atomic E-state index is 11.5. The molecule has 19 heavy (non-hydrogen) atoms. The van der Waals surface area contributed by atoms with Crippen molar-refractivity contribution >= 4 is 12.0 Å². The fourth-order valence-electron chi connectivity index (χ4n) is 1.44. The van der Waals surface area contributed by atoms with Crippen molar-refractivity contribution in [2.45, 2.75) is 39.3 Å². The molecule has 0 fully saturated rings. The summed E-state index contributed by atoms with van der Waals surface area (Å²) in [7, 11) is 0.